The highest BCUT2D eigenvalue weighted by molar-refractivity contribution is 6.04. The van der Waals surface area contributed by atoms with Gasteiger partial charge in [0.2, 0.25) is 5.56 Å². The number of hydrogen-bond acceptors (Lipinski definition) is 5. The van der Waals surface area contributed by atoms with E-state index in [9.17, 15) is 9.90 Å². The number of likely N-dealkylation sites (tertiary alicyclic amines) is 1. The number of aromatic nitrogens is 1. The number of rotatable bonds is 5. The Labute approximate surface area is 171 Å². The quantitative estimate of drug-likeness (QED) is 0.600. The molecule has 1 aliphatic carbocycles. The topological polar surface area (TPSA) is 77.9 Å². The van der Waals surface area contributed by atoms with Crippen molar-refractivity contribution in [2.75, 3.05) is 19.7 Å². The van der Waals surface area contributed by atoms with Crippen LogP contribution >= 0.6 is 0 Å². The lowest BCUT2D eigenvalue weighted by Gasteiger charge is -2.41. The molecule has 2 fully saturated rings. The van der Waals surface area contributed by atoms with E-state index in [0.29, 0.717) is 18.6 Å². The molecule has 2 heterocycles. The lowest BCUT2D eigenvalue weighted by Crippen LogP contribution is -2.46. The maximum atomic E-state index is 11.6. The van der Waals surface area contributed by atoms with Crippen LogP contribution in [-0.4, -0.2) is 52.5 Å². The number of hydrogen-bond donors (Lipinski definition) is 2. The van der Waals surface area contributed by atoms with Crippen LogP contribution in [-0.2, 0) is 4.84 Å². The maximum absolute atomic E-state index is 11.6. The van der Waals surface area contributed by atoms with Gasteiger partial charge in [0.1, 0.15) is 6.61 Å². The number of piperidine rings is 1. The third-order valence-electron chi connectivity index (χ3n) is 6.33. The largest absolute Gasteiger partial charge is 0.396 e. The lowest BCUT2D eigenvalue weighted by molar-refractivity contribution is 0.0586. The number of H-pyrrole nitrogens is 1. The van der Waals surface area contributed by atoms with Crippen molar-refractivity contribution >= 4 is 16.6 Å². The summed E-state index contributed by atoms with van der Waals surface area (Å²) in [6.07, 6.45) is 6.11. The van der Waals surface area contributed by atoms with Gasteiger partial charge >= 0.3 is 0 Å². The second kappa shape index (κ2) is 9.09. The molecule has 1 aliphatic heterocycles. The molecule has 2 aliphatic rings. The molecule has 6 nitrogen and oxygen atoms in total. The summed E-state index contributed by atoms with van der Waals surface area (Å²) in [4.78, 5) is 22.6. The first-order valence-corrected chi connectivity index (χ1v) is 10.9. The minimum atomic E-state index is -0.119. The normalized spacial score (nSPS) is 26.6. The van der Waals surface area contributed by atoms with Gasteiger partial charge in [-0.25, -0.2) is 0 Å². The molecular formula is C23H31N3O3. The number of aliphatic hydroxyl groups excluding tert-OH is 1. The Hall–Kier alpha value is -2.18. The summed E-state index contributed by atoms with van der Waals surface area (Å²) < 4.78 is 0. The first kappa shape index (κ1) is 20.1. The Bertz CT molecular complexity index is 915. The molecule has 4 rings (SSSR count). The molecule has 0 radical (unpaired) electrons. The fourth-order valence-corrected chi connectivity index (χ4v) is 4.80. The number of nitrogens with one attached hydrogen (secondary N) is 1. The van der Waals surface area contributed by atoms with E-state index in [-0.39, 0.29) is 11.7 Å². The van der Waals surface area contributed by atoms with E-state index in [1.54, 1.807) is 6.07 Å². The van der Waals surface area contributed by atoms with Crippen LogP contribution in [0.5, 0.6) is 0 Å². The Kier molecular flexibility index (Phi) is 6.31. The summed E-state index contributed by atoms with van der Waals surface area (Å²) in [6.45, 7) is 4.60. The molecule has 1 saturated heterocycles. The number of benzene rings is 1. The van der Waals surface area contributed by atoms with Crippen molar-refractivity contribution in [3.05, 3.63) is 46.2 Å². The van der Waals surface area contributed by atoms with Gasteiger partial charge in [0.15, 0.2) is 0 Å². The molecule has 1 unspecified atom stereocenters. The lowest BCUT2D eigenvalue weighted by atomic mass is 9.85. The van der Waals surface area contributed by atoms with Crippen molar-refractivity contribution in [3.8, 4) is 0 Å². The fourth-order valence-electron chi connectivity index (χ4n) is 4.80. The van der Waals surface area contributed by atoms with Crippen molar-refractivity contribution in [2.45, 2.75) is 57.6 Å². The zero-order valence-corrected chi connectivity index (χ0v) is 17.1. The zero-order valence-electron chi connectivity index (χ0n) is 17.1. The summed E-state index contributed by atoms with van der Waals surface area (Å²) in [7, 11) is 0. The molecule has 6 heteroatoms. The molecule has 29 heavy (non-hydrogen) atoms. The minimum absolute atomic E-state index is 0.0889. The first-order chi connectivity index (χ1) is 14.1. The molecule has 1 atom stereocenters. The van der Waals surface area contributed by atoms with Gasteiger partial charge in [-0.3, -0.25) is 9.69 Å². The molecule has 0 spiro atoms. The van der Waals surface area contributed by atoms with E-state index in [1.807, 2.05) is 25.1 Å². The molecule has 2 aromatic rings. The number of aliphatic hydroxyl groups is 1. The first-order valence-electron chi connectivity index (χ1n) is 10.9. The van der Waals surface area contributed by atoms with Crippen LogP contribution in [0.2, 0.25) is 0 Å². The Morgan fingerprint density at radius 1 is 1.21 bits per heavy atom. The van der Waals surface area contributed by atoms with E-state index >= 15 is 0 Å². The predicted molar refractivity (Wildman–Crippen MR) is 115 cm³/mol. The SMILES string of the molecule is CCO/N=C(/c1ccc2[nH]c(=O)ccc2c1)C1CCCN(C2CCC(O)CC2)C1. The fraction of sp³-hybridized carbons (Fsp3) is 0.565. The van der Waals surface area contributed by atoms with Crippen molar-refractivity contribution in [1.82, 2.24) is 9.88 Å². The van der Waals surface area contributed by atoms with E-state index in [0.717, 1.165) is 73.8 Å². The van der Waals surface area contributed by atoms with Gasteiger partial charge in [0.25, 0.3) is 0 Å². The molecule has 156 valence electrons. The summed E-state index contributed by atoms with van der Waals surface area (Å²) in [5.74, 6) is 0.322. The number of oxime groups is 1. The van der Waals surface area contributed by atoms with Crippen molar-refractivity contribution in [2.24, 2.45) is 11.1 Å². The number of fused-ring (bicyclic) bond motifs is 1. The highest BCUT2D eigenvalue weighted by Gasteiger charge is 2.31. The average Bonchev–Trinajstić information content (AvgIpc) is 2.75. The highest BCUT2D eigenvalue weighted by atomic mass is 16.6. The second-order valence-electron chi connectivity index (χ2n) is 8.32. The molecule has 1 saturated carbocycles. The summed E-state index contributed by atoms with van der Waals surface area (Å²) in [5, 5.41) is 15.4. The van der Waals surface area contributed by atoms with Crippen LogP contribution in [0.3, 0.4) is 0 Å². The van der Waals surface area contributed by atoms with Gasteiger partial charge in [-0.2, -0.15) is 0 Å². The van der Waals surface area contributed by atoms with Gasteiger partial charge in [-0.05, 0) is 75.6 Å². The zero-order chi connectivity index (χ0) is 20.2. The number of aromatic amines is 1. The van der Waals surface area contributed by atoms with Crippen molar-refractivity contribution < 1.29 is 9.94 Å². The average molecular weight is 398 g/mol. The monoisotopic (exact) mass is 397 g/mol. The summed E-state index contributed by atoms with van der Waals surface area (Å²) in [5.41, 5.74) is 2.81. The molecule has 1 aromatic heterocycles. The number of pyridine rings is 1. The molecule has 0 amide bonds. The molecule has 1 aromatic carbocycles. The Balaban J connectivity index is 1.58. The molecule has 2 N–H and O–H groups in total. The van der Waals surface area contributed by atoms with Gasteiger partial charge in [-0.1, -0.05) is 11.2 Å². The van der Waals surface area contributed by atoms with E-state index in [4.69, 9.17) is 4.84 Å². The standard InChI is InChI=1S/C23H31N3O3/c1-2-29-25-23(17-5-11-21-16(14-17)6-12-22(28)24-21)18-4-3-13-26(15-18)19-7-9-20(27)10-8-19/h5-6,11-12,14,18-20,27H,2-4,7-10,13,15H2,1H3,(H,24,28)/b25-23-. The predicted octanol–water partition coefficient (Wildman–Crippen LogP) is 3.28. The Morgan fingerprint density at radius 2 is 2.03 bits per heavy atom. The van der Waals surface area contributed by atoms with Crippen LogP contribution in [0.15, 0.2) is 40.3 Å². The van der Waals surface area contributed by atoms with E-state index < -0.39 is 0 Å². The van der Waals surface area contributed by atoms with Crippen LogP contribution in [0, 0.1) is 5.92 Å². The van der Waals surface area contributed by atoms with Gasteiger partial charge in [-0.15, -0.1) is 0 Å². The highest BCUT2D eigenvalue weighted by Crippen LogP contribution is 2.29. The van der Waals surface area contributed by atoms with Gasteiger partial charge < -0.3 is 14.9 Å². The number of nitrogens with zero attached hydrogens (tertiary/aromatic N) is 2. The van der Waals surface area contributed by atoms with Crippen LogP contribution in [0.4, 0.5) is 0 Å². The van der Waals surface area contributed by atoms with Crippen molar-refractivity contribution in [1.29, 1.82) is 0 Å². The third-order valence-corrected chi connectivity index (χ3v) is 6.33. The Morgan fingerprint density at radius 3 is 2.83 bits per heavy atom. The summed E-state index contributed by atoms with van der Waals surface area (Å²) >= 11 is 0. The van der Waals surface area contributed by atoms with Gasteiger partial charge in [0, 0.05) is 35.7 Å². The maximum Gasteiger partial charge on any atom is 0.248 e. The minimum Gasteiger partial charge on any atom is -0.396 e. The summed E-state index contributed by atoms with van der Waals surface area (Å²) in [6, 6.07) is 10.1. The van der Waals surface area contributed by atoms with Gasteiger partial charge in [0.05, 0.1) is 11.8 Å². The van der Waals surface area contributed by atoms with Crippen LogP contribution in [0.1, 0.15) is 51.0 Å². The smallest absolute Gasteiger partial charge is 0.248 e. The second-order valence-corrected chi connectivity index (χ2v) is 8.32. The van der Waals surface area contributed by atoms with E-state index in [1.165, 1.54) is 0 Å². The van der Waals surface area contributed by atoms with Crippen LogP contribution < -0.4 is 5.56 Å². The molecule has 0 bridgehead atoms. The molecular weight excluding hydrogens is 366 g/mol. The van der Waals surface area contributed by atoms with Crippen LogP contribution in [0.25, 0.3) is 10.9 Å². The third kappa shape index (κ3) is 4.70. The van der Waals surface area contributed by atoms with E-state index in [2.05, 4.69) is 21.1 Å². The van der Waals surface area contributed by atoms with Crippen molar-refractivity contribution in [3.63, 3.8) is 0 Å².